The fourth-order valence-corrected chi connectivity index (χ4v) is 6.58. The molecule has 8 heteroatoms. The van der Waals surface area contributed by atoms with E-state index in [0.29, 0.717) is 5.56 Å². The Kier molecular flexibility index (Phi) is 4.69. The van der Waals surface area contributed by atoms with Crippen molar-refractivity contribution in [3.63, 3.8) is 0 Å². The van der Waals surface area contributed by atoms with Gasteiger partial charge < -0.3 is 9.47 Å². The van der Waals surface area contributed by atoms with Gasteiger partial charge in [-0.15, -0.1) is 4.31 Å². The molecule has 2 aromatic rings. The van der Waals surface area contributed by atoms with Crippen molar-refractivity contribution in [2.24, 2.45) is 5.92 Å². The molecule has 0 saturated carbocycles. The maximum absolute atomic E-state index is 13.7. The summed E-state index contributed by atoms with van der Waals surface area (Å²) in [4.78, 5) is 12.7. The number of hydrogen-bond donors (Lipinski definition) is 0. The van der Waals surface area contributed by atoms with Gasteiger partial charge in [-0.1, -0.05) is 42.5 Å². The summed E-state index contributed by atoms with van der Waals surface area (Å²) < 4.78 is 39.1. The van der Waals surface area contributed by atoms with E-state index in [1.165, 1.54) is 26.4 Å². The summed E-state index contributed by atoms with van der Waals surface area (Å²) in [6.07, 6.45) is -0.660. The van der Waals surface area contributed by atoms with Crippen molar-refractivity contribution in [1.82, 2.24) is 4.31 Å². The number of nitriles is 1. The number of esters is 1. The smallest absolute Gasteiger partial charge is 0.312 e. The third kappa shape index (κ3) is 2.55. The van der Waals surface area contributed by atoms with Crippen molar-refractivity contribution in [2.75, 3.05) is 14.2 Å². The maximum Gasteiger partial charge on any atom is 0.312 e. The highest BCUT2D eigenvalue weighted by molar-refractivity contribution is 7.89. The van der Waals surface area contributed by atoms with Gasteiger partial charge >= 0.3 is 5.97 Å². The van der Waals surface area contributed by atoms with Crippen LogP contribution in [0.2, 0.25) is 0 Å². The van der Waals surface area contributed by atoms with E-state index in [1.807, 2.05) is 12.1 Å². The van der Waals surface area contributed by atoms with Gasteiger partial charge in [-0.2, -0.15) is 5.26 Å². The van der Waals surface area contributed by atoms with Crippen molar-refractivity contribution < 1.29 is 22.7 Å². The van der Waals surface area contributed by atoms with E-state index in [4.69, 9.17) is 9.47 Å². The first-order valence-electron chi connectivity index (χ1n) is 9.14. The van der Waals surface area contributed by atoms with Gasteiger partial charge in [0.15, 0.2) is 5.54 Å². The Balaban J connectivity index is 2.05. The molecule has 2 bridgehead atoms. The SMILES string of the molecule is COC(=O)[C@@H]1C[C@@H]2c3ccccc3[C@@]1(C#N)N(S(=O)(=O)c1ccccc1)[C@H]2OC. The van der Waals surface area contributed by atoms with Gasteiger partial charge in [0, 0.05) is 13.0 Å². The Bertz CT molecular complexity index is 1100. The van der Waals surface area contributed by atoms with Crippen LogP contribution in [0.1, 0.15) is 23.5 Å². The molecule has 1 fully saturated rings. The summed E-state index contributed by atoms with van der Waals surface area (Å²) >= 11 is 0. The number of piperidine rings is 1. The van der Waals surface area contributed by atoms with E-state index < -0.39 is 39.6 Å². The van der Waals surface area contributed by atoms with Crippen LogP contribution in [0.4, 0.5) is 0 Å². The minimum atomic E-state index is -4.16. The number of carbonyl (C=O) groups is 1. The number of hydrogen-bond acceptors (Lipinski definition) is 6. The molecule has 0 aromatic heterocycles. The molecule has 3 aliphatic rings. The fraction of sp³-hybridized carbons (Fsp3) is 0.333. The second-order valence-corrected chi connectivity index (χ2v) is 8.94. The second-order valence-electron chi connectivity index (χ2n) is 7.12. The maximum atomic E-state index is 13.7. The van der Waals surface area contributed by atoms with E-state index in [2.05, 4.69) is 6.07 Å². The standard InChI is InChI=1S/C21H20N2O5S/c1-27-19-16-12-18(20(24)28-2)21(13-22,17-11-7-6-10-15(16)17)23(19)29(25,26)14-8-4-3-5-9-14/h3-11,16,18-19H,12H2,1-2H3/t16-,18+,19+,21-/m1/s1. The third-order valence-electron chi connectivity index (χ3n) is 5.89. The molecule has 4 atom stereocenters. The summed E-state index contributed by atoms with van der Waals surface area (Å²) in [7, 11) is -1.51. The lowest BCUT2D eigenvalue weighted by Gasteiger charge is -2.56. The predicted molar refractivity (Wildman–Crippen MR) is 103 cm³/mol. The first-order chi connectivity index (χ1) is 13.9. The number of ether oxygens (including phenoxy) is 2. The fourth-order valence-electron chi connectivity index (χ4n) is 4.70. The van der Waals surface area contributed by atoms with Gasteiger partial charge in [0.1, 0.15) is 6.23 Å². The van der Waals surface area contributed by atoms with Gasteiger partial charge in [-0.3, -0.25) is 4.79 Å². The molecule has 0 amide bonds. The summed E-state index contributed by atoms with van der Waals surface area (Å²) in [6.45, 7) is 0. The summed E-state index contributed by atoms with van der Waals surface area (Å²) in [5.41, 5.74) is -0.448. The van der Waals surface area contributed by atoms with E-state index >= 15 is 0 Å². The van der Waals surface area contributed by atoms with Gasteiger partial charge in [0.2, 0.25) is 10.0 Å². The molecule has 2 aromatic carbocycles. The average Bonchev–Trinajstić information content (AvgIpc) is 2.78. The van der Waals surface area contributed by atoms with Gasteiger partial charge in [-0.25, -0.2) is 8.42 Å². The zero-order valence-corrected chi connectivity index (χ0v) is 16.8. The highest BCUT2D eigenvalue weighted by Crippen LogP contribution is 2.58. The first kappa shape index (κ1) is 19.6. The number of rotatable bonds is 4. The van der Waals surface area contributed by atoms with Crippen LogP contribution in [0.25, 0.3) is 0 Å². The molecule has 1 saturated heterocycles. The number of sulfonamides is 1. The van der Waals surface area contributed by atoms with Gasteiger partial charge in [0.05, 0.1) is 24.0 Å². The topological polar surface area (TPSA) is 96.7 Å². The molecule has 29 heavy (non-hydrogen) atoms. The van der Waals surface area contributed by atoms with Crippen molar-refractivity contribution in [1.29, 1.82) is 5.26 Å². The van der Waals surface area contributed by atoms with Crippen molar-refractivity contribution in [3.8, 4) is 6.07 Å². The van der Waals surface area contributed by atoms with Crippen LogP contribution in [0.3, 0.4) is 0 Å². The molecule has 7 nitrogen and oxygen atoms in total. The molecule has 0 N–H and O–H groups in total. The first-order valence-corrected chi connectivity index (χ1v) is 10.6. The van der Waals surface area contributed by atoms with Crippen molar-refractivity contribution in [3.05, 3.63) is 65.7 Å². The van der Waals surface area contributed by atoms with Crippen LogP contribution in [-0.2, 0) is 29.8 Å². The number of benzene rings is 2. The van der Waals surface area contributed by atoms with Crippen LogP contribution in [0, 0.1) is 17.2 Å². The van der Waals surface area contributed by atoms with E-state index in [9.17, 15) is 18.5 Å². The lowest BCUT2D eigenvalue weighted by atomic mass is 9.61. The normalized spacial score (nSPS) is 28.4. The largest absolute Gasteiger partial charge is 0.469 e. The van der Waals surface area contributed by atoms with Crippen LogP contribution >= 0.6 is 0 Å². The molecule has 1 aliphatic carbocycles. The summed E-state index contributed by atoms with van der Waals surface area (Å²) in [5, 5.41) is 10.4. The van der Waals surface area contributed by atoms with Gasteiger partial charge in [-0.05, 0) is 29.7 Å². The monoisotopic (exact) mass is 412 g/mol. The van der Waals surface area contributed by atoms with Crippen LogP contribution in [0.15, 0.2) is 59.5 Å². The molecule has 2 aliphatic heterocycles. The Morgan fingerprint density at radius 2 is 1.79 bits per heavy atom. The minimum absolute atomic E-state index is 0.0327. The van der Waals surface area contributed by atoms with E-state index in [0.717, 1.165) is 9.87 Å². The molecule has 0 radical (unpaired) electrons. The molecular formula is C21H20N2O5S. The molecule has 0 spiro atoms. The second kappa shape index (κ2) is 6.95. The molecule has 150 valence electrons. The van der Waals surface area contributed by atoms with E-state index in [1.54, 1.807) is 30.3 Å². The average molecular weight is 412 g/mol. The summed E-state index contributed by atoms with van der Waals surface area (Å²) in [6, 6.07) is 17.2. The zero-order valence-electron chi connectivity index (χ0n) is 16.0. The Hall–Kier alpha value is -2.73. The van der Waals surface area contributed by atoms with Crippen molar-refractivity contribution in [2.45, 2.75) is 29.0 Å². The van der Waals surface area contributed by atoms with Crippen LogP contribution < -0.4 is 0 Å². The highest BCUT2D eigenvalue weighted by Gasteiger charge is 2.67. The van der Waals surface area contributed by atoms with Crippen LogP contribution in [0.5, 0.6) is 0 Å². The Morgan fingerprint density at radius 3 is 2.41 bits per heavy atom. The van der Waals surface area contributed by atoms with Crippen LogP contribution in [-0.4, -0.2) is 39.1 Å². The number of fused-ring (bicyclic) bond motifs is 2. The molecule has 0 unspecified atom stereocenters. The lowest BCUT2D eigenvalue weighted by Crippen LogP contribution is -2.67. The summed E-state index contributed by atoms with van der Waals surface area (Å²) in [5.74, 6) is -2.00. The predicted octanol–water partition coefficient (Wildman–Crippen LogP) is 2.36. The number of methoxy groups -OCH3 is 2. The number of carbonyl (C=O) groups excluding carboxylic acids is 1. The Morgan fingerprint density at radius 1 is 1.14 bits per heavy atom. The third-order valence-corrected chi connectivity index (χ3v) is 7.77. The molecule has 5 rings (SSSR count). The minimum Gasteiger partial charge on any atom is -0.469 e. The zero-order chi connectivity index (χ0) is 20.8. The molecular weight excluding hydrogens is 392 g/mol. The van der Waals surface area contributed by atoms with Gasteiger partial charge in [0.25, 0.3) is 0 Å². The highest BCUT2D eigenvalue weighted by atomic mass is 32.2. The number of nitrogens with zero attached hydrogens (tertiary/aromatic N) is 2. The quantitative estimate of drug-likeness (QED) is 0.715. The Labute approximate surface area is 169 Å². The lowest BCUT2D eigenvalue weighted by molar-refractivity contribution is -0.162. The van der Waals surface area contributed by atoms with Crippen molar-refractivity contribution >= 4 is 16.0 Å². The van der Waals surface area contributed by atoms with E-state index in [-0.39, 0.29) is 11.3 Å². The molecule has 2 heterocycles.